The number of carbonyl (C=O) groups excluding carboxylic acids is 3. The number of hydroxylamine groups is 1. The monoisotopic (exact) mass is 761 g/mol. The molecule has 3 unspecified atom stereocenters. The molecule has 3 aliphatic rings. The first-order valence-corrected chi connectivity index (χ1v) is 20.5. The van der Waals surface area contributed by atoms with E-state index in [0.717, 1.165) is 85.9 Å². The Hall–Kier alpha value is -4.04. The van der Waals surface area contributed by atoms with Gasteiger partial charge in [0.25, 0.3) is 0 Å². The number of nitrogens with two attached hydrogens (primary N) is 1. The number of carbonyl (C=O) groups is 3. The fourth-order valence-corrected chi connectivity index (χ4v) is 8.89. The minimum Gasteiger partial charge on any atom is -0.446 e. The highest BCUT2D eigenvalue weighted by atomic mass is 32.1. The van der Waals surface area contributed by atoms with Crippen molar-refractivity contribution >= 4 is 45.8 Å². The molecule has 2 aromatic carbocycles. The quantitative estimate of drug-likeness (QED) is 0.0455. The Morgan fingerprint density at radius 3 is 2.30 bits per heavy atom. The van der Waals surface area contributed by atoms with Crippen LogP contribution in [0.4, 0.5) is 21.3 Å². The number of thiazole rings is 1. The highest BCUT2D eigenvalue weighted by molar-refractivity contribution is 7.14. The van der Waals surface area contributed by atoms with Gasteiger partial charge in [-0.3, -0.25) is 19.7 Å². The molecule has 2 bridgehead atoms. The maximum atomic E-state index is 12.7. The molecular formula is C41H55N5O7S. The smallest absolute Gasteiger partial charge is 0.411 e. The van der Waals surface area contributed by atoms with E-state index in [-0.39, 0.29) is 36.7 Å². The molecule has 0 radical (unpaired) electrons. The van der Waals surface area contributed by atoms with Crippen molar-refractivity contribution in [1.29, 1.82) is 0 Å². The van der Waals surface area contributed by atoms with E-state index in [1.165, 1.54) is 30.6 Å². The molecular weight excluding hydrogens is 707 g/mol. The number of nitrogens with one attached hydrogen (secondary N) is 3. The third kappa shape index (κ3) is 12.8. The second-order valence-electron chi connectivity index (χ2n) is 15.4. The Labute approximate surface area is 322 Å². The van der Waals surface area contributed by atoms with Crippen LogP contribution in [0.15, 0.2) is 53.9 Å². The van der Waals surface area contributed by atoms with Crippen LogP contribution in [0.25, 0.3) is 11.3 Å². The first-order valence-electron chi connectivity index (χ1n) is 19.6. The van der Waals surface area contributed by atoms with E-state index in [0.29, 0.717) is 42.2 Å². The average molecular weight is 762 g/mol. The van der Waals surface area contributed by atoms with Crippen LogP contribution in [0.3, 0.4) is 0 Å². The van der Waals surface area contributed by atoms with Crippen LogP contribution in [0.1, 0.15) is 109 Å². The van der Waals surface area contributed by atoms with E-state index in [4.69, 9.17) is 25.1 Å². The molecule has 292 valence electrons. The summed E-state index contributed by atoms with van der Waals surface area (Å²) in [5, 5.41) is 8.13. The predicted molar refractivity (Wildman–Crippen MR) is 209 cm³/mol. The summed E-state index contributed by atoms with van der Waals surface area (Å²) in [6.45, 7) is 2.56. The van der Waals surface area contributed by atoms with Crippen LogP contribution < -0.4 is 21.8 Å². The second kappa shape index (κ2) is 20.0. The zero-order valence-corrected chi connectivity index (χ0v) is 32.1. The topological polar surface area (TPSA) is 163 Å². The molecule has 13 heteroatoms. The van der Waals surface area contributed by atoms with Gasteiger partial charge in [0, 0.05) is 41.6 Å². The van der Waals surface area contributed by atoms with Crippen molar-refractivity contribution in [3.63, 3.8) is 0 Å². The molecule has 1 aromatic heterocycles. The summed E-state index contributed by atoms with van der Waals surface area (Å²) in [5.74, 6) is 2.07. The number of unbranched alkanes of at least 4 members (excludes halogenated alkanes) is 3. The zero-order chi connectivity index (χ0) is 37.7. The van der Waals surface area contributed by atoms with E-state index in [1.807, 2.05) is 41.8 Å². The van der Waals surface area contributed by atoms with Gasteiger partial charge in [-0.1, -0.05) is 44.0 Å². The van der Waals surface area contributed by atoms with Gasteiger partial charge in [0.05, 0.1) is 24.5 Å². The number of nitrogens with zero attached hydrogens (tertiary/aromatic N) is 1. The minimum atomic E-state index is -0.491. The summed E-state index contributed by atoms with van der Waals surface area (Å²) in [6.07, 6.45) is 12.6. The number of aromatic nitrogens is 1. The molecule has 54 heavy (non-hydrogen) atoms. The van der Waals surface area contributed by atoms with Crippen molar-refractivity contribution in [2.24, 2.45) is 17.8 Å². The summed E-state index contributed by atoms with van der Waals surface area (Å²) in [6, 6.07) is 14.7. The maximum Gasteiger partial charge on any atom is 0.411 e. The van der Waals surface area contributed by atoms with Crippen LogP contribution in [-0.2, 0) is 35.5 Å². The molecule has 4 atom stereocenters. The zero-order valence-electron chi connectivity index (χ0n) is 31.3. The van der Waals surface area contributed by atoms with Gasteiger partial charge in [0.2, 0.25) is 11.8 Å². The molecule has 5 N–H and O–H groups in total. The third-order valence-corrected chi connectivity index (χ3v) is 11.4. The molecule has 0 saturated heterocycles. The van der Waals surface area contributed by atoms with Gasteiger partial charge < -0.3 is 15.8 Å². The van der Waals surface area contributed by atoms with Crippen LogP contribution in [-0.4, -0.2) is 41.2 Å². The third-order valence-electron chi connectivity index (χ3n) is 10.6. The van der Waals surface area contributed by atoms with E-state index < -0.39 is 6.09 Å². The lowest BCUT2D eigenvalue weighted by molar-refractivity contribution is -0.364. The number of rotatable bonds is 17. The molecule has 6 rings (SSSR count). The van der Waals surface area contributed by atoms with Gasteiger partial charge in [-0.15, -0.1) is 11.3 Å². The van der Waals surface area contributed by atoms with Crippen molar-refractivity contribution in [1.82, 2.24) is 10.5 Å². The Morgan fingerprint density at radius 2 is 1.54 bits per heavy atom. The highest BCUT2D eigenvalue weighted by Gasteiger charge is 2.36. The summed E-state index contributed by atoms with van der Waals surface area (Å²) >= 11 is 1.38. The van der Waals surface area contributed by atoms with Gasteiger partial charge in [-0.2, -0.15) is 0 Å². The Kier molecular flexibility index (Phi) is 14.7. The number of hydrogen-bond acceptors (Lipinski definition) is 10. The summed E-state index contributed by atoms with van der Waals surface area (Å²) in [4.78, 5) is 59.0. The lowest BCUT2D eigenvalue weighted by Gasteiger charge is -2.41. The molecule has 12 nitrogen and oxygen atoms in total. The fourth-order valence-electron chi connectivity index (χ4n) is 8.16. The van der Waals surface area contributed by atoms with E-state index in [1.54, 1.807) is 12.1 Å². The molecule has 3 amide bonds. The Bertz CT molecular complexity index is 1650. The number of hydrogen-bond donors (Lipinski definition) is 4. The summed E-state index contributed by atoms with van der Waals surface area (Å²) in [7, 11) is 0. The maximum absolute atomic E-state index is 12.7. The van der Waals surface area contributed by atoms with Gasteiger partial charge >= 0.3 is 6.09 Å². The van der Waals surface area contributed by atoms with Gasteiger partial charge in [0.15, 0.2) is 5.13 Å². The van der Waals surface area contributed by atoms with Crippen molar-refractivity contribution < 1.29 is 33.7 Å². The summed E-state index contributed by atoms with van der Waals surface area (Å²) < 4.78 is 5.73. The molecule has 0 spiro atoms. The Balaban J connectivity index is 0.779. The normalized spacial score (nSPS) is 23.6. The number of benzene rings is 2. The molecule has 3 aromatic rings. The number of ether oxygens (including phenoxy) is 1. The van der Waals surface area contributed by atoms with Crippen molar-refractivity contribution in [3.05, 3.63) is 59.5 Å². The molecule has 1 heterocycles. The number of nitrogen functional groups attached to an aromatic ring is 1. The molecule has 3 fully saturated rings. The lowest BCUT2D eigenvalue weighted by Crippen LogP contribution is -2.36. The van der Waals surface area contributed by atoms with Crippen molar-refractivity contribution in [2.75, 3.05) is 16.4 Å². The second-order valence-corrected chi connectivity index (χ2v) is 16.3. The van der Waals surface area contributed by atoms with Crippen LogP contribution >= 0.6 is 11.3 Å². The first kappa shape index (κ1) is 39.6. The van der Waals surface area contributed by atoms with Gasteiger partial charge in [0.1, 0.15) is 6.10 Å². The van der Waals surface area contributed by atoms with E-state index >= 15 is 0 Å². The van der Waals surface area contributed by atoms with Crippen LogP contribution in [0.5, 0.6) is 0 Å². The lowest BCUT2D eigenvalue weighted by atomic mass is 9.68. The van der Waals surface area contributed by atoms with Crippen LogP contribution in [0, 0.1) is 17.8 Å². The average Bonchev–Trinajstić information content (AvgIpc) is 3.61. The SMILES string of the molecule is CC1CC2CC(C1)CC(OO[C@@H]1CCCC(OC(=O)Nc3ccc(CONC(=O)CCCCCCC(=O)Nc4nc(-c5cccc(N)c5)cs4)cc3)C1)C2. The largest absolute Gasteiger partial charge is 0.446 e. The molecule has 3 saturated carbocycles. The summed E-state index contributed by atoms with van der Waals surface area (Å²) in [5.41, 5.74) is 12.2. The predicted octanol–water partition coefficient (Wildman–Crippen LogP) is 8.94. The fraction of sp³-hybridized carbons (Fsp3) is 0.561. The van der Waals surface area contributed by atoms with Gasteiger partial charge in [-0.05, 0) is 112 Å². The number of amides is 3. The Morgan fingerprint density at radius 1 is 0.815 bits per heavy atom. The van der Waals surface area contributed by atoms with Gasteiger partial charge in [-0.25, -0.2) is 25.0 Å². The molecule has 0 aliphatic heterocycles. The number of anilines is 3. The highest BCUT2D eigenvalue weighted by Crippen LogP contribution is 2.43. The number of fused-ring (bicyclic) bond motifs is 2. The molecule has 3 aliphatic carbocycles. The van der Waals surface area contributed by atoms with E-state index in [2.05, 4.69) is 28.0 Å². The minimum absolute atomic E-state index is 0.0611. The van der Waals surface area contributed by atoms with Crippen LogP contribution in [0.2, 0.25) is 0 Å². The van der Waals surface area contributed by atoms with Crippen molar-refractivity contribution in [2.45, 2.75) is 128 Å². The van der Waals surface area contributed by atoms with E-state index in [9.17, 15) is 14.4 Å². The standard InChI is InChI=1S/C41H55N5O7S/c1-27-18-29-20-30(19-27)22-36(21-29)53-52-35-11-7-10-34(24-35)51-41(49)43-33-16-14-28(15-17-33)25-50-46-39(48)13-5-3-2-4-12-38(47)45-40-44-37(26-54-40)31-8-6-9-32(42)23-31/h6,8-9,14-17,23,26-27,29-30,34-36H,2-5,7,10-13,18-22,24-25,42H2,1H3,(H,43,49)(H,46,48)(H,44,45,47)/t27?,29?,30?,34?,35-,36?/m1/s1. The first-order chi connectivity index (χ1) is 26.2. The van der Waals surface area contributed by atoms with Crippen molar-refractivity contribution in [3.8, 4) is 11.3 Å².